The molecular weight excluding hydrogens is 704 g/mol. The van der Waals surface area contributed by atoms with Crippen LogP contribution in [-0.4, -0.2) is 37.0 Å². The van der Waals surface area contributed by atoms with Crippen LogP contribution in [0.2, 0.25) is 5.02 Å². The highest BCUT2D eigenvalue weighted by atomic mass is 35.5. The molecule has 0 saturated carbocycles. The van der Waals surface area contributed by atoms with Crippen molar-refractivity contribution in [2.75, 3.05) is 5.73 Å². The molecule has 0 fully saturated rings. The van der Waals surface area contributed by atoms with Gasteiger partial charge in [0.15, 0.2) is 0 Å². The third-order valence-electron chi connectivity index (χ3n) is 9.10. The number of nitrogens with one attached hydrogen (secondary N) is 3. The van der Waals surface area contributed by atoms with Gasteiger partial charge in [0.2, 0.25) is 0 Å². The molecule has 12 heteroatoms. The van der Waals surface area contributed by atoms with Crippen LogP contribution in [-0.2, 0) is 6.54 Å². The summed E-state index contributed by atoms with van der Waals surface area (Å²) in [5.74, 6) is -0.694. The number of hydrogen-bond donors (Lipinski definition) is 6. The molecule has 0 unspecified atom stereocenters. The number of imidazole rings is 1. The number of carbonyl (C=O) groups excluding carboxylic acids is 1. The topological polar surface area (TPSA) is 191 Å². The fourth-order valence-electron chi connectivity index (χ4n) is 6.45. The smallest absolute Gasteiger partial charge is 0.336 e. The third-order valence-corrected chi connectivity index (χ3v) is 9.42. The number of benzene rings is 5. The lowest BCUT2D eigenvalue weighted by atomic mass is 9.89. The maximum atomic E-state index is 13.4. The Bertz CT molecular complexity index is 2780. The summed E-state index contributed by atoms with van der Waals surface area (Å²) in [4.78, 5) is 38.4. The summed E-state index contributed by atoms with van der Waals surface area (Å²) in [5.41, 5.74) is 13.2. The first-order valence-corrected chi connectivity index (χ1v) is 17.1. The Balaban J connectivity index is 1.05. The molecule has 11 nitrogen and oxygen atoms in total. The number of aromatic nitrogens is 3. The maximum Gasteiger partial charge on any atom is 0.336 e. The van der Waals surface area contributed by atoms with E-state index >= 15 is 0 Å². The summed E-state index contributed by atoms with van der Waals surface area (Å²) in [6.45, 7) is 0.186. The number of aromatic carboxylic acids is 1. The Kier molecular flexibility index (Phi) is 8.60. The Morgan fingerprint density at radius 3 is 2.37 bits per heavy atom. The number of hydrogen-bond acceptors (Lipinski definition) is 8. The number of carboxylic acids is 1. The maximum absolute atomic E-state index is 13.4. The van der Waals surface area contributed by atoms with Crippen molar-refractivity contribution < 1.29 is 24.2 Å². The number of pyridine rings is 1. The van der Waals surface area contributed by atoms with Crippen LogP contribution in [0, 0.1) is 5.41 Å². The van der Waals surface area contributed by atoms with E-state index in [-0.39, 0.29) is 33.8 Å². The Morgan fingerprint density at radius 1 is 0.852 bits per heavy atom. The van der Waals surface area contributed by atoms with Crippen LogP contribution in [0.1, 0.15) is 26.3 Å². The molecule has 0 spiro atoms. The second-order valence-corrected chi connectivity index (χ2v) is 13.0. The van der Waals surface area contributed by atoms with Gasteiger partial charge in [-0.1, -0.05) is 48.0 Å². The van der Waals surface area contributed by atoms with Crippen LogP contribution in [0.15, 0.2) is 126 Å². The van der Waals surface area contributed by atoms with Crippen LogP contribution < -0.4 is 16.4 Å². The van der Waals surface area contributed by atoms with Crippen LogP contribution in [0.3, 0.4) is 0 Å². The van der Waals surface area contributed by atoms with E-state index in [4.69, 9.17) is 32.1 Å². The summed E-state index contributed by atoms with van der Waals surface area (Å²) in [6, 6.07) is 30.8. The van der Waals surface area contributed by atoms with Gasteiger partial charge in [0.05, 0.1) is 27.3 Å². The van der Waals surface area contributed by atoms with Gasteiger partial charge < -0.3 is 36.1 Å². The SMILES string of the molecule is N=c1ccc2c(-c3ccc(C(=O)NCc4ccc(-c5nc(-c6ccc(Cl)c(O)c6)c(-c6ccncc6)[nH]5)cc4)cc3C(=O)O)c3ccc(N)cc3oc-2c1. The number of amides is 1. The number of halogens is 1. The molecule has 54 heavy (non-hydrogen) atoms. The molecule has 3 heterocycles. The van der Waals surface area contributed by atoms with Gasteiger partial charge in [0.25, 0.3) is 5.91 Å². The van der Waals surface area contributed by atoms with Crippen molar-refractivity contribution in [3.05, 3.63) is 149 Å². The number of phenolic OH excluding ortho intramolecular Hbond substituents is 1. The number of nitrogens with zero attached hydrogens (tertiary/aromatic N) is 2. The zero-order valence-corrected chi connectivity index (χ0v) is 29.0. The van der Waals surface area contributed by atoms with Crippen molar-refractivity contribution >= 4 is 40.1 Å². The first-order chi connectivity index (χ1) is 26.1. The van der Waals surface area contributed by atoms with Crippen LogP contribution in [0.25, 0.3) is 67.3 Å². The molecule has 7 N–H and O–H groups in total. The minimum Gasteiger partial charge on any atom is -0.506 e. The van der Waals surface area contributed by atoms with Crippen molar-refractivity contribution in [3.8, 4) is 62.1 Å². The summed E-state index contributed by atoms with van der Waals surface area (Å²) in [7, 11) is 0. The Hall–Kier alpha value is -7.24. The summed E-state index contributed by atoms with van der Waals surface area (Å²) < 4.78 is 6.06. The molecule has 1 aliphatic heterocycles. The number of aromatic amines is 1. The highest BCUT2D eigenvalue weighted by molar-refractivity contribution is 6.32. The average Bonchev–Trinajstić information content (AvgIpc) is 3.63. The van der Waals surface area contributed by atoms with Crippen molar-refractivity contribution in [3.63, 3.8) is 0 Å². The lowest BCUT2D eigenvalue weighted by Crippen LogP contribution is -2.23. The number of nitrogen functional groups attached to an aromatic ring is 1. The standard InChI is InChI=1S/C42H29ClN6O5/c43-33-12-6-25(18-34(33)50)39-38(23-13-15-46-16-14-23)48-40(49-39)24-3-1-22(2-4-24)21-47-41(51)26-5-9-29(32(17-26)42(52)53)37-30-10-7-27(44)19-35(30)54-36-20-28(45)8-11-31(36)37/h1-20,44,50H,21,45H2,(H,47,51)(H,48,49)(H,52,53). The summed E-state index contributed by atoms with van der Waals surface area (Å²) >= 11 is 6.07. The van der Waals surface area contributed by atoms with E-state index in [2.05, 4.69) is 15.3 Å². The van der Waals surface area contributed by atoms with Gasteiger partial charge in [-0.05, 0) is 71.8 Å². The number of aromatic hydroxyl groups is 1. The van der Waals surface area contributed by atoms with Crippen molar-refractivity contribution in [1.82, 2.24) is 20.3 Å². The van der Waals surface area contributed by atoms with Crippen molar-refractivity contribution in [2.24, 2.45) is 0 Å². The molecule has 0 atom stereocenters. The van der Waals surface area contributed by atoms with Crippen LogP contribution >= 0.6 is 11.6 Å². The highest BCUT2D eigenvalue weighted by Crippen LogP contribution is 2.42. The number of fused-ring (bicyclic) bond motifs is 2. The molecule has 8 rings (SSSR count). The first kappa shape index (κ1) is 33.9. The van der Waals surface area contributed by atoms with E-state index < -0.39 is 11.9 Å². The molecule has 264 valence electrons. The lowest BCUT2D eigenvalue weighted by Gasteiger charge is -2.17. The fourth-order valence-corrected chi connectivity index (χ4v) is 6.57. The number of nitrogens with two attached hydrogens (primary N) is 1. The number of rotatable bonds is 8. The fraction of sp³-hybridized carbons (Fsp3) is 0.0238. The highest BCUT2D eigenvalue weighted by Gasteiger charge is 2.23. The van der Waals surface area contributed by atoms with E-state index in [1.807, 2.05) is 36.4 Å². The van der Waals surface area contributed by atoms with Crippen molar-refractivity contribution in [2.45, 2.75) is 6.54 Å². The third kappa shape index (κ3) is 6.40. The number of carboxylic acid groups (broad SMARTS) is 1. The molecule has 0 bridgehead atoms. The van der Waals surface area contributed by atoms with E-state index in [0.717, 1.165) is 22.4 Å². The van der Waals surface area contributed by atoms with E-state index in [9.17, 15) is 19.8 Å². The minimum atomic E-state index is -1.20. The van der Waals surface area contributed by atoms with Gasteiger partial charge in [-0.25, -0.2) is 9.78 Å². The molecular formula is C42H29ClN6O5. The Labute approximate surface area is 312 Å². The quantitative estimate of drug-likeness (QED) is 0.0663. The second kappa shape index (κ2) is 13.7. The molecule has 2 aliphatic rings. The normalized spacial score (nSPS) is 11.2. The molecule has 1 aliphatic carbocycles. The first-order valence-electron chi connectivity index (χ1n) is 16.7. The van der Waals surface area contributed by atoms with Crippen molar-refractivity contribution in [1.29, 1.82) is 5.41 Å². The summed E-state index contributed by atoms with van der Waals surface area (Å²) in [5, 5.41) is 32.7. The average molecular weight is 733 g/mol. The number of anilines is 1. The van der Waals surface area contributed by atoms with Crippen LogP contribution in [0.4, 0.5) is 5.69 Å². The van der Waals surface area contributed by atoms with Gasteiger partial charge in [-0.3, -0.25) is 9.78 Å². The molecule has 6 aromatic rings. The zero-order valence-electron chi connectivity index (χ0n) is 28.2. The van der Waals surface area contributed by atoms with Gasteiger partial charge in [-0.15, -0.1) is 0 Å². The predicted molar refractivity (Wildman–Crippen MR) is 206 cm³/mol. The molecule has 0 radical (unpaired) electrons. The van der Waals surface area contributed by atoms with Crippen LogP contribution in [0.5, 0.6) is 5.75 Å². The lowest BCUT2D eigenvalue weighted by molar-refractivity contribution is 0.0697. The van der Waals surface area contributed by atoms with E-state index in [1.165, 1.54) is 6.07 Å². The van der Waals surface area contributed by atoms with Gasteiger partial charge in [0, 0.05) is 75.5 Å². The minimum absolute atomic E-state index is 0.0504. The molecule has 2 aromatic heterocycles. The van der Waals surface area contributed by atoms with E-state index in [1.54, 1.807) is 79.1 Å². The number of carbonyl (C=O) groups is 2. The molecule has 0 saturated heterocycles. The molecule has 1 amide bonds. The van der Waals surface area contributed by atoms with Gasteiger partial charge in [0.1, 0.15) is 22.9 Å². The monoisotopic (exact) mass is 732 g/mol. The second-order valence-electron chi connectivity index (χ2n) is 12.6. The number of H-pyrrole nitrogens is 1. The van der Waals surface area contributed by atoms with E-state index in [0.29, 0.717) is 56.2 Å². The summed E-state index contributed by atoms with van der Waals surface area (Å²) in [6.07, 6.45) is 3.38. The van der Waals surface area contributed by atoms with Gasteiger partial charge >= 0.3 is 5.97 Å². The Morgan fingerprint density at radius 2 is 1.61 bits per heavy atom. The number of phenols is 1. The van der Waals surface area contributed by atoms with Gasteiger partial charge in [-0.2, -0.15) is 0 Å². The predicted octanol–water partition coefficient (Wildman–Crippen LogP) is 8.37. The molecule has 4 aromatic carbocycles. The largest absolute Gasteiger partial charge is 0.506 e. The zero-order chi connectivity index (χ0) is 37.5.